The molecule has 0 aliphatic carbocycles. The Morgan fingerprint density at radius 2 is 1.08 bits per heavy atom. The van der Waals surface area contributed by atoms with E-state index >= 15 is 0 Å². The number of esters is 1. The topological polar surface area (TPSA) is 35.5 Å². The molecule has 0 spiro atoms. The van der Waals surface area contributed by atoms with E-state index in [-0.39, 0.29) is 6.61 Å². The fourth-order valence-corrected chi connectivity index (χ4v) is 2.99. The van der Waals surface area contributed by atoms with E-state index in [1.54, 1.807) is 0 Å². The average molecular weight is 332 g/mol. The predicted molar refractivity (Wildman–Crippen MR) is 97.2 cm³/mol. The monoisotopic (exact) mass is 332 g/mol. The third-order valence-corrected chi connectivity index (χ3v) is 4.18. The van der Waals surface area contributed by atoms with Gasteiger partial charge in [-0.15, -0.1) is 0 Å². The number of benzene rings is 3. The molecule has 3 aromatic rings. The van der Waals surface area contributed by atoms with Gasteiger partial charge in [-0.3, -0.25) is 0 Å². The highest BCUT2D eigenvalue weighted by molar-refractivity contribution is 5.70. The van der Waals surface area contributed by atoms with E-state index in [2.05, 4.69) is 0 Å². The summed E-state index contributed by atoms with van der Waals surface area (Å²) in [4.78, 5) is 11.8. The van der Waals surface area contributed by atoms with E-state index in [0.29, 0.717) is 0 Å². The number of hydrogen-bond acceptors (Lipinski definition) is 3. The van der Waals surface area contributed by atoms with Gasteiger partial charge in [0.1, 0.15) is 12.2 Å². The molecule has 0 saturated heterocycles. The molecule has 25 heavy (non-hydrogen) atoms. The van der Waals surface area contributed by atoms with E-state index < -0.39 is 11.6 Å². The van der Waals surface area contributed by atoms with Crippen molar-refractivity contribution in [1.29, 1.82) is 0 Å². The van der Waals surface area contributed by atoms with Crippen LogP contribution in [0.3, 0.4) is 0 Å². The number of rotatable bonds is 6. The second kappa shape index (κ2) is 7.77. The zero-order valence-corrected chi connectivity index (χ0v) is 14.1. The van der Waals surface area contributed by atoms with Gasteiger partial charge in [-0.05, 0) is 16.7 Å². The zero-order chi connectivity index (χ0) is 17.5. The molecule has 0 radical (unpaired) electrons. The van der Waals surface area contributed by atoms with Crippen LogP contribution in [0.15, 0.2) is 91.0 Å². The third-order valence-electron chi connectivity index (χ3n) is 4.18. The van der Waals surface area contributed by atoms with Gasteiger partial charge in [0.15, 0.2) is 0 Å². The van der Waals surface area contributed by atoms with Crippen molar-refractivity contribution in [3.63, 3.8) is 0 Å². The number of carbonyl (C=O) groups is 1. The fraction of sp³-hybridized carbons (Fsp3) is 0.136. The van der Waals surface area contributed by atoms with Crippen LogP contribution in [0.25, 0.3) is 0 Å². The summed E-state index contributed by atoms with van der Waals surface area (Å²) in [5, 5.41) is 0. The molecule has 0 bridgehead atoms. The average Bonchev–Trinajstić information content (AvgIpc) is 2.71. The Bertz CT molecular complexity index is 702. The summed E-state index contributed by atoms with van der Waals surface area (Å²) in [5.74, 6) is -0.410. The Labute approximate surface area is 147 Å². The second-order valence-electron chi connectivity index (χ2n) is 5.64. The van der Waals surface area contributed by atoms with Crippen molar-refractivity contribution in [3.8, 4) is 0 Å². The van der Waals surface area contributed by atoms with Crippen molar-refractivity contribution in [2.45, 2.75) is 5.60 Å². The molecule has 0 heterocycles. The van der Waals surface area contributed by atoms with Crippen LogP contribution in [-0.4, -0.2) is 19.7 Å². The van der Waals surface area contributed by atoms with Crippen LogP contribution < -0.4 is 0 Å². The Balaban J connectivity index is 2.22. The van der Waals surface area contributed by atoms with Crippen LogP contribution in [0, 0.1) is 0 Å². The van der Waals surface area contributed by atoms with Gasteiger partial charge in [-0.1, -0.05) is 91.0 Å². The van der Waals surface area contributed by atoms with E-state index in [9.17, 15) is 4.79 Å². The minimum Gasteiger partial charge on any atom is -0.467 e. The Kier molecular flexibility index (Phi) is 5.26. The summed E-state index contributed by atoms with van der Waals surface area (Å²) in [5.41, 5.74) is 1.97. The normalized spacial score (nSPS) is 11.1. The van der Waals surface area contributed by atoms with Crippen molar-refractivity contribution >= 4 is 5.97 Å². The number of carbonyl (C=O) groups excluding carboxylic acids is 1. The standard InChI is InChI=1S/C22H20O3/c1-24-21(23)17-25-22(18-11-5-2-6-12-18,19-13-7-3-8-14-19)20-15-9-4-10-16-20/h2-16H,17H2,1H3. The Morgan fingerprint density at radius 3 is 1.40 bits per heavy atom. The summed E-state index contributed by atoms with van der Waals surface area (Å²) in [6, 6.07) is 29.8. The van der Waals surface area contributed by atoms with Gasteiger partial charge in [0.25, 0.3) is 0 Å². The molecule has 0 aromatic heterocycles. The van der Waals surface area contributed by atoms with E-state index in [1.807, 2.05) is 91.0 Å². The lowest BCUT2D eigenvalue weighted by Crippen LogP contribution is -2.35. The van der Waals surface area contributed by atoms with Crippen molar-refractivity contribution in [2.24, 2.45) is 0 Å². The van der Waals surface area contributed by atoms with Gasteiger partial charge in [0.2, 0.25) is 0 Å². The molecular formula is C22H20O3. The van der Waals surface area contributed by atoms with Crippen molar-refractivity contribution < 1.29 is 14.3 Å². The highest BCUT2D eigenvalue weighted by Gasteiger charge is 2.38. The highest BCUT2D eigenvalue weighted by atomic mass is 16.6. The van der Waals surface area contributed by atoms with E-state index in [4.69, 9.17) is 9.47 Å². The molecule has 0 aliphatic heterocycles. The molecule has 3 rings (SSSR count). The van der Waals surface area contributed by atoms with E-state index in [1.165, 1.54) is 7.11 Å². The minimum atomic E-state index is -0.891. The molecule has 0 atom stereocenters. The highest BCUT2D eigenvalue weighted by Crippen LogP contribution is 2.40. The third kappa shape index (κ3) is 3.47. The molecule has 0 fully saturated rings. The van der Waals surface area contributed by atoms with E-state index in [0.717, 1.165) is 16.7 Å². The molecule has 3 nitrogen and oxygen atoms in total. The quantitative estimate of drug-likeness (QED) is 0.502. The smallest absolute Gasteiger partial charge is 0.331 e. The fourth-order valence-electron chi connectivity index (χ4n) is 2.99. The summed E-state index contributed by atoms with van der Waals surface area (Å²) in [6.45, 7) is -0.144. The van der Waals surface area contributed by atoms with Crippen LogP contribution in [0.2, 0.25) is 0 Å². The predicted octanol–water partition coefficient (Wildman–Crippen LogP) is 4.17. The lowest BCUT2D eigenvalue weighted by Gasteiger charge is -2.35. The van der Waals surface area contributed by atoms with Gasteiger partial charge in [0.05, 0.1) is 7.11 Å². The lowest BCUT2D eigenvalue weighted by molar-refractivity contribution is -0.150. The molecule has 126 valence electrons. The second-order valence-corrected chi connectivity index (χ2v) is 5.64. The first kappa shape index (κ1) is 16.9. The number of ether oxygens (including phenoxy) is 2. The summed E-state index contributed by atoms with van der Waals surface area (Å²) < 4.78 is 11.1. The number of methoxy groups -OCH3 is 1. The first-order valence-corrected chi connectivity index (χ1v) is 8.14. The van der Waals surface area contributed by atoms with Gasteiger partial charge in [-0.2, -0.15) is 0 Å². The van der Waals surface area contributed by atoms with Crippen molar-refractivity contribution in [3.05, 3.63) is 108 Å². The zero-order valence-electron chi connectivity index (χ0n) is 14.1. The largest absolute Gasteiger partial charge is 0.467 e. The van der Waals surface area contributed by atoms with Gasteiger partial charge < -0.3 is 9.47 Å². The molecular weight excluding hydrogens is 312 g/mol. The van der Waals surface area contributed by atoms with Crippen LogP contribution in [-0.2, 0) is 19.9 Å². The maximum Gasteiger partial charge on any atom is 0.331 e. The summed E-state index contributed by atoms with van der Waals surface area (Å²) in [7, 11) is 1.36. The maximum atomic E-state index is 11.8. The summed E-state index contributed by atoms with van der Waals surface area (Å²) >= 11 is 0. The SMILES string of the molecule is COC(=O)COC(c1ccccc1)(c1ccccc1)c1ccccc1. The van der Waals surface area contributed by atoms with Crippen LogP contribution >= 0.6 is 0 Å². The summed E-state index contributed by atoms with van der Waals surface area (Å²) in [6.07, 6.45) is 0. The molecule has 0 N–H and O–H groups in total. The number of hydrogen-bond donors (Lipinski definition) is 0. The molecule has 0 unspecified atom stereocenters. The molecule has 0 aliphatic rings. The lowest BCUT2D eigenvalue weighted by atomic mass is 9.80. The molecule has 0 amide bonds. The van der Waals surface area contributed by atoms with Gasteiger partial charge in [0, 0.05) is 0 Å². The molecule has 0 saturated carbocycles. The van der Waals surface area contributed by atoms with Crippen LogP contribution in [0.5, 0.6) is 0 Å². The molecule has 3 heteroatoms. The van der Waals surface area contributed by atoms with Crippen molar-refractivity contribution in [2.75, 3.05) is 13.7 Å². The Hall–Kier alpha value is -2.91. The molecule has 3 aromatic carbocycles. The van der Waals surface area contributed by atoms with Crippen LogP contribution in [0.1, 0.15) is 16.7 Å². The van der Waals surface area contributed by atoms with Gasteiger partial charge >= 0.3 is 5.97 Å². The minimum absolute atomic E-state index is 0.144. The first-order valence-electron chi connectivity index (χ1n) is 8.14. The first-order chi connectivity index (χ1) is 12.3. The van der Waals surface area contributed by atoms with Gasteiger partial charge in [-0.25, -0.2) is 4.79 Å². The van der Waals surface area contributed by atoms with Crippen LogP contribution in [0.4, 0.5) is 0 Å². The van der Waals surface area contributed by atoms with Crippen molar-refractivity contribution in [1.82, 2.24) is 0 Å². The Morgan fingerprint density at radius 1 is 0.720 bits per heavy atom. The maximum absolute atomic E-state index is 11.8.